The Morgan fingerprint density at radius 3 is 2.95 bits per heavy atom. The van der Waals surface area contributed by atoms with E-state index >= 15 is 0 Å². The third-order valence-electron chi connectivity index (χ3n) is 2.65. The predicted octanol–water partition coefficient (Wildman–Crippen LogP) is 1.78. The fourth-order valence-electron chi connectivity index (χ4n) is 1.70. The molecule has 0 spiro atoms. The molecule has 2 rings (SSSR count). The number of nitrogens with one attached hydrogen (secondary N) is 1. The lowest BCUT2D eigenvalue weighted by Gasteiger charge is -2.08. The van der Waals surface area contributed by atoms with Gasteiger partial charge >= 0.3 is 0 Å². The van der Waals surface area contributed by atoms with E-state index < -0.39 is 0 Å². The van der Waals surface area contributed by atoms with Gasteiger partial charge in [-0.05, 0) is 42.8 Å². The maximum absolute atomic E-state index is 13.7. The van der Waals surface area contributed by atoms with E-state index in [2.05, 4.69) is 15.5 Å². The Bertz CT molecular complexity index is 543. The molecule has 0 aliphatic heterocycles. The zero-order valence-corrected chi connectivity index (χ0v) is 10.9. The summed E-state index contributed by atoms with van der Waals surface area (Å²) in [5, 5.41) is 19.2. The van der Waals surface area contributed by atoms with Gasteiger partial charge in [-0.2, -0.15) is 5.10 Å². The number of rotatable bonds is 7. The minimum Gasteiger partial charge on any atom is -0.438 e. The molecule has 0 aliphatic rings. The molecule has 0 amide bonds. The minimum absolute atomic E-state index is 0. The summed E-state index contributed by atoms with van der Waals surface area (Å²) in [5.41, 5.74) is 0.553. The molecule has 0 radical (unpaired) electrons. The Morgan fingerprint density at radius 2 is 2.20 bits per heavy atom. The quantitative estimate of drug-likeness (QED) is 0.756. The summed E-state index contributed by atoms with van der Waals surface area (Å²) in [4.78, 5) is 0. The molecule has 0 unspecified atom stereocenters. The average Bonchev–Trinajstić information content (AvgIpc) is 2.48. The highest BCUT2D eigenvalue weighted by atomic mass is 19.1. The Balaban J connectivity index is 0.00000220. The second kappa shape index (κ2) is 7.52. The van der Waals surface area contributed by atoms with Gasteiger partial charge in [0.1, 0.15) is 11.6 Å². The number of nitrogens with zero attached hydrogens (tertiary/aromatic N) is 2. The van der Waals surface area contributed by atoms with Crippen LogP contribution < -0.4 is 10.1 Å². The van der Waals surface area contributed by atoms with E-state index in [1.165, 1.54) is 6.07 Å². The number of benzene rings is 1. The van der Waals surface area contributed by atoms with Gasteiger partial charge in [0, 0.05) is 20.2 Å². The first kappa shape index (κ1) is 14.4. The minimum atomic E-state index is -0.276. The van der Waals surface area contributed by atoms with Crippen LogP contribution in [0.25, 0.3) is 0 Å². The molecule has 0 fully saturated rings. The van der Waals surface area contributed by atoms with E-state index in [0.29, 0.717) is 36.7 Å². The predicted molar refractivity (Wildman–Crippen MR) is 74.3 cm³/mol. The lowest BCUT2D eigenvalue weighted by molar-refractivity contribution is 0.292. The number of aliphatic hydroxyl groups excluding tert-OH is 1. The zero-order chi connectivity index (χ0) is 14.2. The molecular formula is C14H18FN3O2. The first-order valence-electron chi connectivity index (χ1n) is 6.35. The van der Waals surface area contributed by atoms with Crippen molar-refractivity contribution in [2.75, 3.05) is 19.7 Å². The Kier molecular flexibility index (Phi) is 5.40. The average molecular weight is 279 g/mol. The molecule has 0 aliphatic carbocycles. The molecule has 1 aromatic heterocycles. The molecule has 6 heteroatoms. The number of halogens is 1. The van der Waals surface area contributed by atoms with Gasteiger partial charge in [0.2, 0.25) is 5.88 Å². The first-order chi connectivity index (χ1) is 9.79. The van der Waals surface area contributed by atoms with Crippen molar-refractivity contribution in [2.24, 2.45) is 0 Å². The van der Waals surface area contributed by atoms with Crippen LogP contribution in [0.3, 0.4) is 0 Å². The molecule has 2 N–H and O–H groups in total. The highest BCUT2D eigenvalue weighted by Crippen LogP contribution is 2.21. The molecule has 1 aromatic carbocycles. The van der Waals surface area contributed by atoms with Gasteiger partial charge in [-0.25, -0.2) is 4.39 Å². The number of hydrogen-bond acceptors (Lipinski definition) is 5. The van der Waals surface area contributed by atoms with Crippen molar-refractivity contribution in [2.45, 2.75) is 6.42 Å². The highest BCUT2D eigenvalue weighted by Gasteiger charge is 2.06. The zero-order valence-electron chi connectivity index (χ0n) is 10.9. The maximum Gasteiger partial charge on any atom is 0.238 e. The van der Waals surface area contributed by atoms with Gasteiger partial charge in [-0.1, -0.05) is 0 Å². The van der Waals surface area contributed by atoms with Crippen molar-refractivity contribution in [3.05, 3.63) is 47.9 Å². The van der Waals surface area contributed by atoms with Crippen LogP contribution in [0, 0.1) is 5.82 Å². The van der Waals surface area contributed by atoms with E-state index in [4.69, 9.17) is 9.84 Å². The Morgan fingerprint density at radius 1 is 1.30 bits per heavy atom. The van der Waals surface area contributed by atoms with Crippen molar-refractivity contribution < 1.29 is 15.7 Å². The Hall–Kier alpha value is -2.05. The molecule has 0 atom stereocenters. The summed E-state index contributed by atoms with van der Waals surface area (Å²) >= 11 is 0. The third-order valence-corrected chi connectivity index (χ3v) is 2.65. The lowest BCUT2D eigenvalue weighted by Crippen LogP contribution is -2.21. The summed E-state index contributed by atoms with van der Waals surface area (Å²) in [6, 6.07) is 7.96. The number of hydrogen-bond donors (Lipinski definition) is 2. The van der Waals surface area contributed by atoms with Crippen LogP contribution in [0.5, 0.6) is 11.6 Å². The summed E-state index contributed by atoms with van der Waals surface area (Å²) in [6.45, 7) is 1.15. The summed E-state index contributed by atoms with van der Waals surface area (Å²) < 4.78 is 19.2. The van der Waals surface area contributed by atoms with E-state index in [0.717, 1.165) is 0 Å². The molecule has 2 aromatic rings. The standard InChI is InChI=1S/C14H16FN3O2.H2/c15-13-4-3-12(20-14-2-1-6-17-18-14)10-11(13)5-7-16-8-9-19;/h1-4,6,10,16,19H,5,7-9H2;1H. The van der Waals surface area contributed by atoms with Crippen molar-refractivity contribution in [1.82, 2.24) is 15.5 Å². The van der Waals surface area contributed by atoms with E-state index in [9.17, 15) is 4.39 Å². The summed E-state index contributed by atoms with van der Waals surface area (Å²) in [7, 11) is 0. The van der Waals surface area contributed by atoms with Crippen molar-refractivity contribution in [3.63, 3.8) is 0 Å². The molecule has 0 saturated carbocycles. The second-order valence-corrected chi connectivity index (χ2v) is 4.14. The topological polar surface area (TPSA) is 67.3 Å². The van der Waals surface area contributed by atoms with Gasteiger partial charge in [-0.3, -0.25) is 0 Å². The van der Waals surface area contributed by atoms with E-state index in [1.54, 1.807) is 30.5 Å². The molecule has 0 saturated heterocycles. The van der Waals surface area contributed by atoms with Gasteiger partial charge in [-0.15, -0.1) is 5.10 Å². The van der Waals surface area contributed by atoms with Crippen molar-refractivity contribution in [1.29, 1.82) is 0 Å². The second-order valence-electron chi connectivity index (χ2n) is 4.14. The molecule has 1 heterocycles. The lowest BCUT2D eigenvalue weighted by atomic mass is 10.1. The summed E-state index contributed by atoms with van der Waals surface area (Å²) in [6.07, 6.45) is 2.07. The number of ether oxygens (including phenoxy) is 1. The van der Waals surface area contributed by atoms with Crippen LogP contribution in [0.1, 0.15) is 6.99 Å². The number of aliphatic hydroxyl groups is 1. The van der Waals surface area contributed by atoms with Gasteiger partial charge in [0.15, 0.2) is 0 Å². The third kappa shape index (κ3) is 4.25. The van der Waals surface area contributed by atoms with Crippen LogP contribution in [0.4, 0.5) is 4.39 Å². The molecule has 20 heavy (non-hydrogen) atoms. The largest absolute Gasteiger partial charge is 0.438 e. The van der Waals surface area contributed by atoms with Crippen LogP contribution >= 0.6 is 0 Å². The molecular weight excluding hydrogens is 261 g/mol. The Labute approximate surface area is 117 Å². The fraction of sp³-hybridized carbons (Fsp3) is 0.286. The van der Waals surface area contributed by atoms with Crippen molar-refractivity contribution in [3.8, 4) is 11.6 Å². The highest BCUT2D eigenvalue weighted by molar-refractivity contribution is 5.32. The molecule has 0 bridgehead atoms. The monoisotopic (exact) mass is 279 g/mol. The van der Waals surface area contributed by atoms with E-state index in [-0.39, 0.29) is 13.9 Å². The van der Waals surface area contributed by atoms with Gasteiger partial charge < -0.3 is 15.2 Å². The van der Waals surface area contributed by atoms with Crippen LogP contribution in [-0.2, 0) is 6.42 Å². The number of aromatic nitrogens is 2. The van der Waals surface area contributed by atoms with Crippen LogP contribution in [-0.4, -0.2) is 35.0 Å². The van der Waals surface area contributed by atoms with Crippen molar-refractivity contribution >= 4 is 0 Å². The van der Waals surface area contributed by atoms with Gasteiger partial charge in [0.05, 0.1) is 6.61 Å². The van der Waals surface area contributed by atoms with E-state index in [1.807, 2.05) is 0 Å². The van der Waals surface area contributed by atoms with Crippen LogP contribution in [0.15, 0.2) is 36.5 Å². The normalized spacial score (nSPS) is 10.5. The molecule has 108 valence electrons. The summed E-state index contributed by atoms with van der Waals surface area (Å²) in [5.74, 6) is 0.606. The SMILES string of the molecule is OCCNCCc1cc(Oc2cccnn2)ccc1F.[HH]. The first-order valence-corrected chi connectivity index (χ1v) is 6.35. The fourth-order valence-corrected chi connectivity index (χ4v) is 1.70. The van der Waals surface area contributed by atoms with Crippen LogP contribution in [0.2, 0.25) is 0 Å². The van der Waals surface area contributed by atoms with Gasteiger partial charge in [0.25, 0.3) is 0 Å². The maximum atomic E-state index is 13.7. The smallest absolute Gasteiger partial charge is 0.238 e. The molecule has 5 nitrogen and oxygen atoms in total.